The molecule has 0 N–H and O–H groups in total. The van der Waals surface area contributed by atoms with Gasteiger partial charge >= 0.3 is 0 Å². The van der Waals surface area contributed by atoms with Crippen LogP contribution in [0.15, 0.2) is 21.8 Å². The van der Waals surface area contributed by atoms with E-state index < -0.39 is 10.0 Å². The average molecular weight is 433 g/mol. The van der Waals surface area contributed by atoms with Crippen LogP contribution >= 0.6 is 0 Å². The number of aryl methyl sites for hydroxylation is 1. The van der Waals surface area contributed by atoms with E-state index in [9.17, 15) is 18.0 Å². The van der Waals surface area contributed by atoms with Crippen LogP contribution in [0.3, 0.4) is 0 Å². The molecule has 0 radical (unpaired) electrons. The lowest BCUT2D eigenvalue weighted by atomic mass is 9.95. The highest BCUT2D eigenvalue weighted by Gasteiger charge is 2.33. The number of nitrogens with zero attached hydrogens (tertiary/aromatic N) is 4. The van der Waals surface area contributed by atoms with Gasteiger partial charge in [0.15, 0.2) is 0 Å². The summed E-state index contributed by atoms with van der Waals surface area (Å²) in [7, 11) is -2.19. The van der Waals surface area contributed by atoms with E-state index in [1.165, 1.54) is 23.5 Å². The molecule has 0 atom stereocenters. The molecule has 1 aliphatic rings. The second-order valence-corrected chi connectivity index (χ2v) is 9.71. The summed E-state index contributed by atoms with van der Waals surface area (Å²) >= 11 is 0. The number of piperazine rings is 1. The van der Waals surface area contributed by atoms with Crippen molar-refractivity contribution in [2.45, 2.75) is 39.5 Å². The lowest BCUT2D eigenvalue weighted by Gasteiger charge is -2.34. The fraction of sp³-hybridized carbons (Fsp3) is 0.476. The Kier molecular flexibility index (Phi) is 5.88. The van der Waals surface area contributed by atoms with E-state index in [4.69, 9.17) is 0 Å². The van der Waals surface area contributed by atoms with Crippen molar-refractivity contribution in [3.05, 3.63) is 56.0 Å². The van der Waals surface area contributed by atoms with Crippen LogP contribution in [0, 0.1) is 34.6 Å². The Balaban J connectivity index is 1.83. The molecule has 2 heterocycles. The molecule has 8 nitrogen and oxygen atoms in total. The van der Waals surface area contributed by atoms with E-state index in [0.29, 0.717) is 4.90 Å². The van der Waals surface area contributed by atoms with E-state index in [0.717, 1.165) is 32.5 Å². The largest absolute Gasteiger partial charge is 0.335 e. The molecule has 1 saturated heterocycles. The van der Waals surface area contributed by atoms with Gasteiger partial charge in [-0.1, -0.05) is 0 Å². The van der Waals surface area contributed by atoms with E-state index >= 15 is 0 Å². The number of carbonyl (C=O) groups excluding carboxylic acids is 1. The molecule has 0 saturated carbocycles. The first-order valence-corrected chi connectivity index (χ1v) is 11.3. The molecule has 2 aromatic rings. The van der Waals surface area contributed by atoms with Gasteiger partial charge in [-0.15, -0.1) is 0 Å². The summed E-state index contributed by atoms with van der Waals surface area (Å²) < 4.78 is 29.5. The third kappa shape index (κ3) is 3.67. The molecule has 1 fully saturated rings. The first-order chi connectivity index (χ1) is 14.0. The maximum atomic E-state index is 13.4. The van der Waals surface area contributed by atoms with Crippen molar-refractivity contribution in [1.29, 1.82) is 0 Å². The Labute approximate surface area is 177 Å². The lowest BCUT2D eigenvalue weighted by Crippen LogP contribution is -2.51. The highest BCUT2D eigenvalue weighted by atomic mass is 32.2. The second kappa shape index (κ2) is 7.96. The molecule has 9 heteroatoms. The molecular weight excluding hydrogens is 404 g/mol. The molecule has 1 aromatic carbocycles. The fourth-order valence-corrected chi connectivity index (χ4v) is 5.87. The lowest BCUT2D eigenvalue weighted by molar-refractivity contribution is 0.0689. The van der Waals surface area contributed by atoms with Crippen LogP contribution in [0.4, 0.5) is 0 Å². The summed E-state index contributed by atoms with van der Waals surface area (Å²) in [5, 5.41) is 4.00. The van der Waals surface area contributed by atoms with Crippen molar-refractivity contribution in [2.24, 2.45) is 7.05 Å². The number of carbonyl (C=O) groups is 1. The summed E-state index contributed by atoms with van der Waals surface area (Å²) in [5.74, 6) is -0.308. The van der Waals surface area contributed by atoms with Crippen LogP contribution in [-0.4, -0.2) is 59.5 Å². The standard InChI is InChI=1S/C21H28N4O4S/c1-13-14(2)16(4)20(17(5)15(13)3)30(28,29)25-11-9-24(10-12-25)21(27)18-7-8-19(26)23(6)22-18/h7-8H,9-12H2,1-6H3. The quantitative estimate of drug-likeness (QED) is 0.732. The molecular formula is C21H28N4O4S. The Morgan fingerprint density at radius 3 is 1.87 bits per heavy atom. The highest BCUT2D eigenvalue weighted by molar-refractivity contribution is 7.89. The van der Waals surface area contributed by atoms with Gasteiger partial charge in [0.1, 0.15) is 5.69 Å². The topological polar surface area (TPSA) is 92.6 Å². The van der Waals surface area contributed by atoms with Crippen LogP contribution < -0.4 is 5.56 Å². The molecule has 3 rings (SSSR count). The van der Waals surface area contributed by atoms with E-state index in [1.54, 1.807) is 4.90 Å². The molecule has 0 bridgehead atoms. The van der Waals surface area contributed by atoms with Crippen LogP contribution in [-0.2, 0) is 17.1 Å². The molecule has 162 valence electrons. The SMILES string of the molecule is Cc1c(C)c(C)c(S(=O)(=O)N2CCN(C(=O)c3ccc(=O)n(C)n3)CC2)c(C)c1C. The number of sulfonamides is 1. The number of hydrogen-bond donors (Lipinski definition) is 0. The Morgan fingerprint density at radius 2 is 1.37 bits per heavy atom. The first-order valence-electron chi connectivity index (χ1n) is 9.87. The highest BCUT2D eigenvalue weighted by Crippen LogP contribution is 2.32. The van der Waals surface area contributed by atoms with E-state index in [1.807, 2.05) is 34.6 Å². The molecule has 0 aliphatic carbocycles. The van der Waals surface area contributed by atoms with Gasteiger partial charge in [-0.2, -0.15) is 9.40 Å². The van der Waals surface area contributed by atoms with Crippen molar-refractivity contribution < 1.29 is 13.2 Å². The van der Waals surface area contributed by atoms with Crippen molar-refractivity contribution >= 4 is 15.9 Å². The minimum absolute atomic E-state index is 0.171. The zero-order valence-electron chi connectivity index (χ0n) is 18.3. The predicted molar refractivity (Wildman–Crippen MR) is 114 cm³/mol. The van der Waals surface area contributed by atoms with Crippen molar-refractivity contribution in [3.8, 4) is 0 Å². The van der Waals surface area contributed by atoms with Gasteiger partial charge in [-0.25, -0.2) is 13.1 Å². The van der Waals surface area contributed by atoms with E-state index in [2.05, 4.69) is 5.10 Å². The van der Waals surface area contributed by atoms with E-state index in [-0.39, 0.29) is 43.3 Å². The third-order valence-electron chi connectivity index (χ3n) is 6.23. The van der Waals surface area contributed by atoms with Crippen molar-refractivity contribution in [3.63, 3.8) is 0 Å². The Bertz CT molecular complexity index is 1150. The number of rotatable bonds is 3. The normalized spacial score (nSPS) is 15.5. The summed E-state index contributed by atoms with van der Waals surface area (Å²) in [5.41, 5.74) is 4.54. The fourth-order valence-electron chi connectivity index (χ4n) is 3.89. The first kappa shape index (κ1) is 22.2. The van der Waals surface area contributed by atoms with Gasteiger partial charge < -0.3 is 4.90 Å². The zero-order valence-corrected chi connectivity index (χ0v) is 19.1. The number of aromatic nitrogens is 2. The second-order valence-electron chi connectivity index (χ2n) is 7.83. The molecule has 0 spiro atoms. The van der Waals surface area contributed by atoms with Gasteiger partial charge in [0.05, 0.1) is 4.90 Å². The molecule has 0 unspecified atom stereocenters. The van der Waals surface area contributed by atoms with Gasteiger partial charge in [0.25, 0.3) is 11.5 Å². The number of amides is 1. The van der Waals surface area contributed by atoms with Crippen LogP contribution in [0.2, 0.25) is 0 Å². The molecule has 1 aliphatic heterocycles. The van der Waals surface area contributed by atoms with Gasteiger partial charge in [-0.05, 0) is 68.5 Å². The third-order valence-corrected chi connectivity index (χ3v) is 8.41. The number of benzene rings is 1. The Morgan fingerprint density at radius 1 is 0.867 bits per heavy atom. The minimum Gasteiger partial charge on any atom is -0.335 e. The van der Waals surface area contributed by atoms with Gasteiger partial charge in [0, 0.05) is 39.3 Å². The van der Waals surface area contributed by atoms with Crippen molar-refractivity contribution in [2.75, 3.05) is 26.2 Å². The smallest absolute Gasteiger partial charge is 0.274 e. The maximum Gasteiger partial charge on any atom is 0.274 e. The predicted octanol–water partition coefficient (Wildman–Crippen LogP) is 1.47. The Hall–Kier alpha value is -2.52. The van der Waals surface area contributed by atoms with Crippen LogP contribution in [0.25, 0.3) is 0 Å². The van der Waals surface area contributed by atoms with Crippen LogP contribution in [0.5, 0.6) is 0 Å². The van der Waals surface area contributed by atoms with Gasteiger partial charge in [-0.3, -0.25) is 9.59 Å². The summed E-state index contributed by atoms with van der Waals surface area (Å²) in [6, 6.07) is 2.70. The monoisotopic (exact) mass is 432 g/mol. The summed E-state index contributed by atoms with van der Waals surface area (Å²) in [4.78, 5) is 26.1. The van der Waals surface area contributed by atoms with Gasteiger partial charge in [0.2, 0.25) is 10.0 Å². The average Bonchev–Trinajstić information content (AvgIpc) is 2.72. The van der Waals surface area contributed by atoms with Crippen LogP contribution in [0.1, 0.15) is 38.3 Å². The van der Waals surface area contributed by atoms with Crippen molar-refractivity contribution in [1.82, 2.24) is 19.0 Å². The molecule has 1 amide bonds. The number of hydrogen-bond acceptors (Lipinski definition) is 5. The molecule has 1 aromatic heterocycles. The maximum absolute atomic E-state index is 13.4. The molecule has 30 heavy (non-hydrogen) atoms. The summed E-state index contributed by atoms with van der Waals surface area (Å²) in [6.07, 6.45) is 0. The minimum atomic E-state index is -3.68. The zero-order chi connectivity index (χ0) is 22.4. The summed E-state index contributed by atoms with van der Waals surface area (Å²) in [6.45, 7) is 10.6.